The van der Waals surface area contributed by atoms with Crippen molar-refractivity contribution < 1.29 is 19.6 Å². The summed E-state index contributed by atoms with van der Waals surface area (Å²) >= 11 is 0. The Labute approximate surface area is 90.6 Å². The maximum absolute atomic E-state index is 10.7. The Morgan fingerprint density at radius 1 is 1.56 bits per heavy atom. The smallest absolute Gasteiger partial charge is 0.311 e. The van der Waals surface area contributed by atoms with Gasteiger partial charge in [0, 0.05) is 6.07 Å². The summed E-state index contributed by atoms with van der Waals surface area (Å²) in [4.78, 5) is 20.5. The Bertz CT molecular complexity index is 418. The van der Waals surface area contributed by atoms with Crippen molar-refractivity contribution in [3.05, 3.63) is 33.9 Å². The van der Waals surface area contributed by atoms with Gasteiger partial charge in [-0.3, -0.25) is 14.9 Å². The van der Waals surface area contributed by atoms with Gasteiger partial charge in [-0.05, 0) is 11.6 Å². The molecule has 0 heterocycles. The van der Waals surface area contributed by atoms with E-state index in [1.807, 2.05) is 0 Å². The number of nitrogens with zero attached hydrogens (tertiary/aromatic N) is 1. The lowest BCUT2D eigenvalue weighted by Gasteiger charge is -2.05. The summed E-state index contributed by atoms with van der Waals surface area (Å²) in [5.41, 5.74) is 4.92. The second kappa shape index (κ2) is 5.08. The predicted molar refractivity (Wildman–Crippen MR) is 53.7 cm³/mol. The first-order chi connectivity index (χ1) is 7.54. The fourth-order valence-corrected chi connectivity index (χ4v) is 1.07. The van der Waals surface area contributed by atoms with Crippen LogP contribution in [0.15, 0.2) is 18.2 Å². The molecular weight excluding hydrogens is 216 g/mol. The van der Waals surface area contributed by atoms with Crippen molar-refractivity contribution in [2.24, 2.45) is 5.73 Å². The van der Waals surface area contributed by atoms with E-state index in [2.05, 4.69) is 0 Å². The zero-order valence-electron chi connectivity index (χ0n) is 8.25. The van der Waals surface area contributed by atoms with Crippen molar-refractivity contribution in [1.82, 2.24) is 0 Å². The van der Waals surface area contributed by atoms with Crippen LogP contribution in [0.3, 0.4) is 0 Å². The van der Waals surface area contributed by atoms with E-state index in [4.69, 9.17) is 15.6 Å². The van der Waals surface area contributed by atoms with Crippen LogP contribution in [-0.2, 0) is 11.4 Å². The van der Waals surface area contributed by atoms with Gasteiger partial charge >= 0.3 is 5.69 Å². The number of hydrogen-bond donors (Lipinski definition) is 2. The molecule has 0 unspecified atom stereocenters. The zero-order valence-corrected chi connectivity index (χ0v) is 8.25. The number of primary amides is 1. The molecule has 0 saturated carbocycles. The fraction of sp³-hybridized carbons (Fsp3) is 0.222. The van der Waals surface area contributed by atoms with Crippen molar-refractivity contribution in [3.8, 4) is 5.75 Å². The van der Waals surface area contributed by atoms with Crippen molar-refractivity contribution in [3.63, 3.8) is 0 Å². The van der Waals surface area contributed by atoms with Crippen LogP contribution < -0.4 is 10.5 Å². The number of rotatable bonds is 5. The van der Waals surface area contributed by atoms with Crippen LogP contribution in [0.5, 0.6) is 5.75 Å². The molecule has 0 aromatic heterocycles. The van der Waals surface area contributed by atoms with Crippen LogP contribution in [-0.4, -0.2) is 22.5 Å². The number of ether oxygens (including phenoxy) is 1. The van der Waals surface area contributed by atoms with E-state index in [0.717, 1.165) is 0 Å². The number of aliphatic hydroxyl groups excluding tert-OH is 1. The molecule has 3 N–H and O–H groups in total. The standard InChI is InChI=1S/C9H10N2O5/c10-9(13)5-16-8-2-1-6(4-12)3-7(8)11(14)15/h1-3,12H,4-5H2,(H2,10,13). The molecule has 1 aromatic carbocycles. The average molecular weight is 226 g/mol. The summed E-state index contributed by atoms with van der Waals surface area (Å²) in [6, 6.07) is 3.95. The van der Waals surface area contributed by atoms with Gasteiger partial charge < -0.3 is 15.6 Å². The minimum absolute atomic E-state index is 0.0546. The lowest BCUT2D eigenvalue weighted by molar-refractivity contribution is -0.385. The third-order valence-corrected chi connectivity index (χ3v) is 1.77. The Hall–Kier alpha value is -2.15. The molecule has 0 saturated heterocycles. The van der Waals surface area contributed by atoms with Crippen molar-refractivity contribution in [2.75, 3.05) is 6.61 Å². The summed E-state index contributed by atoms with van der Waals surface area (Å²) in [6.07, 6.45) is 0. The third-order valence-electron chi connectivity index (χ3n) is 1.77. The molecule has 0 spiro atoms. The van der Waals surface area contributed by atoms with Crippen molar-refractivity contribution >= 4 is 11.6 Å². The van der Waals surface area contributed by atoms with Gasteiger partial charge in [-0.1, -0.05) is 6.07 Å². The van der Waals surface area contributed by atoms with Gasteiger partial charge in [-0.25, -0.2) is 0 Å². The highest BCUT2D eigenvalue weighted by atomic mass is 16.6. The second-order valence-corrected chi connectivity index (χ2v) is 2.97. The molecule has 0 fully saturated rings. The monoisotopic (exact) mass is 226 g/mol. The normalized spacial score (nSPS) is 9.81. The number of nitrogens with two attached hydrogens (primary N) is 1. The minimum atomic E-state index is -0.722. The largest absolute Gasteiger partial charge is 0.477 e. The fourth-order valence-electron chi connectivity index (χ4n) is 1.07. The van der Waals surface area contributed by atoms with Gasteiger partial charge in [0.2, 0.25) is 0 Å². The van der Waals surface area contributed by atoms with Crippen molar-refractivity contribution in [1.29, 1.82) is 0 Å². The molecule has 7 nitrogen and oxygen atoms in total. The van der Waals surface area contributed by atoms with Gasteiger partial charge in [-0.2, -0.15) is 0 Å². The summed E-state index contributed by atoms with van der Waals surface area (Å²) in [5.74, 6) is -0.776. The van der Waals surface area contributed by atoms with E-state index in [9.17, 15) is 14.9 Å². The lowest BCUT2D eigenvalue weighted by Crippen LogP contribution is -2.20. The zero-order chi connectivity index (χ0) is 12.1. The van der Waals surface area contributed by atoms with Crippen molar-refractivity contribution in [2.45, 2.75) is 6.61 Å². The van der Waals surface area contributed by atoms with E-state index in [1.54, 1.807) is 0 Å². The van der Waals surface area contributed by atoms with E-state index in [0.29, 0.717) is 5.56 Å². The van der Waals surface area contributed by atoms with Crippen LogP contribution in [0.1, 0.15) is 5.56 Å². The summed E-state index contributed by atoms with van der Waals surface area (Å²) in [5, 5.41) is 19.5. The van der Waals surface area contributed by atoms with Crippen LogP contribution in [0.2, 0.25) is 0 Å². The first-order valence-corrected chi connectivity index (χ1v) is 4.34. The maximum Gasteiger partial charge on any atom is 0.311 e. The number of hydrogen-bond acceptors (Lipinski definition) is 5. The van der Waals surface area contributed by atoms with Gasteiger partial charge in [0.05, 0.1) is 11.5 Å². The molecule has 7 heteroatoms. The highest BCUT2D eigenvalue weighted by Crippen LogP contribution is 2.27. The first kappa shape index (κ1) is 11.9. The number of carbonyl (C=O) groups excluding carboxylic acids is 1. The topological polar surface area (TPSA) is 116 Å². The lowest BCUT2D eigenvalue weighted by atomic mass is 10.2. The van der Waals surface area contributed by atoms with Gasteiger partial charge in [0.25, 0.3) is 5.91 Å². The van der Waals surface area contributed by atoms with E-state index in [1.165, 1.54) is 18.2 Å². The Balaban J connectivity index is 2.98. The van der Waals surface area contributed by atoms with Crippen LogP contribution in [0.4, 0.5) is 5.69 Å². The van der Waals surface area contributed by atoms with Gasteiger partial charge in [0.15, 0.2) is 12.4 Å². The molecular formula is C9H10N2O5. The summed E-state index contributed by atoms with van der Waals surface area (Å²) in [7, 11) is 0. The molecule has 1 aromatic rings. The Morgan fingerprint density at radius 3 is 2.75 bits per heavy atom. The predicted octanol–water partition coefficient (Wildman–Crippen LogP) is -0.0488. The van der Waals surface area contributed by atoms with Gasteiger partial charge in [0.1, 0.15) is 0 Å². The Morgan fingerprint density at radius 2 is 2.25 bits per heavy atom. The molecule has 0 bridgehead atoms. The van der Waals surface area contributed by atoms with E-state index >= 15 is 0 Å². The number of nitro groups is 1. The van der Waals surface area contributed by atoms with E-state index < -0.39 is 17.4 Å². The molecule has 0 aliphatic heterocycles. The maximum atomic E-state index is 10.7. The number of amides is 1. The molecule has 0 radical (unpaired) electrons. The van der Waals surface area contributed by atoms with Crippen LogP contribution in [0, 0.1) is 10.1 Å². The molecule has 1 rings (SSSR count). The second-order valence-electron chi connectivity index (χ2n) is 2.97. The highest BCUT2D eigenvalue weighted by molar-refractivity contribution is 5.75. The Kier molecular flexibility index (Phi) is 3.78. The van der Waals surface area contributed by atoms with Crippen LogP contribution in [0.25, 0.3) is 0 Å². The number of carbonyl (C=O) groups is 1. The van der Waals surface area contributed by atoms with Crippen LogP contribution >= 0.6 is 0 Å². The average Bonchev–Trinajstić information content (AvgIpc) is 2.25. The first-order valence-electron chi connectivity index (χ1n) is 4.34. The quantitative estimate of drug-likeness (QED) is 0.539. The SMILES string of the molecule is NC(=O)COc1ccc(CO)cc1[N+](=O)[O-]. The molecule has 86 valence electrons. The van der Waals surface area contributed by atoms with Gasteiger partial charge in [-0.15, -0.1) is 0 Å². The summed E-state index contributed by atoms with van der Waals surface area (Å²) in [6.45, 7) is -0.740. The van der Waals surface area contributed by atoms with E-state index in [-0.39, 0.29) is 18.0 Å². The number of aliphatic hydroxyl groups is 1. The molecule has 1 amide bonds. The molecule has 0 atom stereocenters. The number of nitro benzene ring substituents is 1. The minimum Gasteiger partial charge on any atom is -0.477 e. The number of benzene rings is 1. The highest BCUT2D eigenvalue weighted by Gasteiger charge is 2.16. The summed E-state index contributed by atoms with van der Waals surface area (Å²) < 4.78 is 4.86. The molecule has 0 aliphatic rings. The molecule has 16 heavy (non-hydrogen) atoms. The molecule has 0 aliphatic carbocycles. The third kappa shape index (κ3) is 2.92.